The molecule has 1 N–H and O–H groups in total. The zero-order valence-electron chi connectivity index (χ0n) is 14.4. The van der Waals surface area contributed by atoms with Gasteiger partial charge in [0.25, 0.3) is 5.91 Å². The van der Waals surface area contributed by atoms with Crippen LogP contribution in [0.4, 0.5) is 0 Å². The molecule has 0 bridgehead atoms. The van der Waals surface area contributed by atoms with E-state index in [1.165, 1.54) is 0 Å². The second-order valence-electron chi connectivity index (χ2n) is 6.04. The van der Waals surface area contributed by atoms with Crippen molar-refractivity contribution in [3.05, 3.63) is 22.5 Å². The van der Waals surface area contributed by atoms with E-state index in [9.17, 15) is 4.79 Å². The normalized spacial score (nSPS) is 15.8. The number of halogens is 1. The van der Waals surface area contributed by atoms with Gasteiger partial charge in [0.1, 0.15) is 5.69 Å². The van der Waals surface area contributed by atoms with Crippen LogP contribution in [0.1, 0.15) is 16.9 Å². The number of rotatable bonds is 8. The highest BCUT2D eigenvalue weighted by molar-refractivity contribution is 9.10. The Kier molecular flexibility index (Phi) is 6.52. The number of nitrogens with one attached hydrogen (secondary N) is 1. The van der Waals surface area contributed by atoms with E-state index >= 15 is 0 Å². The third-order valence-corrected chi connectivity index (χ3v) is 4.74. The van der Waals surface area contributed by atoms with Crippen LogP contribution in [0, 0.1) is 0 Å². The number of hydrogen-bond acceptors (Lipinski definition) is 5. The Hall–Kier alpha value is -1.35. The summed E-state index contributed by atoms with van der Waals surface area (Å²) in [6.45, 7) is 6.30. The Labute approximate surface area is 155 Å². The number of nitrogens with zero attached hydrogens (tertiary/aromatic N) is 2. The Bertz CT molecular complexity index is 706. The average Bonchev–Trinajstić information content (AvgIpc) is 3.14. The van der Waals surface area contributed by atoms with E-state index in [0.29, 0.717) is 35.6 Å². The number of morpholine rings is 1. The zero-order valence-corrected chi connectivity index (χ0v) is 16.0. The molecule has 0 unspecified atom stereocenters. The summed E-state index contributed by atoms with van der Waals surface area (Å²) in [5.74, 6) is -0.0828. The summed E-state index contributed by atoms with van der Waals surface area (Å²) in [6.07, 6.45) is 0.923. The molecule has 138 valence electrons. The number of ether oxygens (including phenoxy) is 2. The molecule has 7 nitrogen and oxygen atoms in total. The SMILES string of the molecule is COCCn1c(C(=O)NCCCN2CCOCC2)cc2oc(Br)cc21. The van der Waals surface area contributed by atoms with Crippen LogP contribution in [-0.2, 0) is 16.0 Å². The van der Waals surface area contributed by atoms with Crippen LogP contribution in [0.15, 0.2) is 21.2 Å². The van der Waals surface area contributed by atoms with Crippen LogP contribution in [0.2, 0.25) is 0 Å². The van der Waals surface area contributed by atoms with Crippen molar-refractivity contribution in [2.45, 2.75) is 13.0 Å². The average molecular weight is 414 g/mol. The number of amides is 1. The quantitative estimate of drug-likeness (QED) is 0.671. The number of furan rings is 1. The first-order valence-corrected chi connectivity index (χ1v) is 9.34. The monoisotopic (exact) mass is 413 g/mol. The summed E-state index contributed by atoms with van der Waals surface area (Å²) in [5, 5.41) is 3.01. The molecule has 0 radical (unpaired) electrons. The number of methoxy groups -OCH3 is 1. The molecule has 2 aromatic rings. The Morgan fingerprint density at radius 1 is 1.32 bits per heavy atom. The molecule has 3 rings (SSSR count). The molecular formula is C17H24BrN3O4. The van der Waals surface area contributed by atoms with Crippen LogP contribution >= 0.6 is 15.9 Å². The van der Waals surface area contributed by atoms with Crippen molar-refractivity contribution in [3.63, 3.8) is 0 Å². The summed E-state index contributed by atoms with van der Waals surface area (Å²) in [4.78, 5) is 14.9. The molecule has 0 saturated carbocycles. The molecule has 25 heavy (non-hydrogen) atoms. The summed E-state index contributed by atoms with van der Waals surface area (Å²) in [5.41, 5.74) is 2.19. The number of fused-ring (bicyclic) bond motifs is 1. The minimum atomic E-state index is -0.0828. The minimum Gasteiger partial charge on any atom is -0.448 e. The highest BCUT2D eigenvalue weighted by atomic mass is 79.9. The number of aromatic nitrogens is 1. The van der Waals surface area contributed by atoms with Crippen molar-refractivity contribution in [2.75, 3.05) is 53.1 Å². The van der Waals surface area contributed by atoms with Crippen molar-refractivity contribution in [3.8, 4) is 0 Å². The van der Waals surface area contributed by atoms with E-state index in [0.717, 1.165) is 44.8 Å². The third kappa shape index (κ3) is 4.63. The predicted octanol–water partition coefficient (Wildman–Crippen LogP) is 2.10. The van der Waals surface area contributed by atoms with Gasteiger partial charge >= 0.3 is 0 Å². The Morgan fingerprint density at radius 3 is 2.88 bits per heavy atom. The summed E-state index contributed by atoms with van der Waals surface area (Å²) in [6, 6.07) is 3.66. The molecule has 2 aromatic heterocycles. The summed E-state index contributed by atoms with van der Waals surface area (Å²) in [7, 11) is 1.65. The first-order valence-electron chi connectivity index (χ1n) is 8.55. The molecule has 1 amide bonds. The maximum Gasteiger partial charge on any atom is 0.268 e. The lowest BCUT2D eigenvalue weighted by molar-refractivity contribution is 0.0374. The van der Waals surface area contributed by atoms with Gasteiger partial charge in [-0.2, -0.15) is 0 Å². The van der Waals surface area contributed by atoms with Crippen molar-refractivity contribution in [2.24, 2.45) is 0 Å². The smallest absolute Gasteiger partial charge is 0.268 e. The van der Waals surface area contributed by atoms with Gasteiger partial charge in [-0.05, 0) is 28.9 Å². The molecule has 0 spiro atoms. The molecule has 1 aliphatic heterocycles. The fourth-order valence-corrected chi connectivity index (χ4v) is 3.43. The van der Waals surface area contributed by atoms with Gasteiger partial charge < -0.3 is 23.8 Å². The number of carbonyl (C=O) groups is 1. The van der Waals surface area contributed by atoms with Gasteiger partial charge in [0, 0.05) is 45.4 Å². The predicted molar refractivity (Wildman–Crippen MR) is 98.0 cm³/mol. The van der Waals surface area contributed by atoms with Gasteiger partial charge in [-0.15, -0.1) is 0 Å². The molecule has 3 heterocycles. The lowest BCUT2D eigenvalue weighted by Crippen LogP contribution is -2.38. The summed E-state index contributed by atoms with van der Waals surface area (Å²) < 4.78 is 18.7. The van der Waals surface area contributed by atoms with Gasteiger partial charge in [-0.25, -0.2) is 0 Å². The first kappa shape index (κ1) is 18.4. The van der Waals surface area contributed by atoms with Gasteiger partial charge in [-0.1, -0.05) is 0 Å². The second-order valence-corrected chi connectivity index (χ2v) is 6.82. The van der Waals surface area contributed by atoms with E-state index < -0.39 is 0 Å². The van der Waals surface area contributed by atoms with Gasteiger partial charge in [0.2, 0.25) is 0 Å². The van der Waals surface area contributed by atoms with E-state index in [-0.39, 0.29) is 5.91 Å². The molecule has 1 aliphatic rings. The van der Waals surface area contributed by atoms with Crippen molar-refractivity contribution >= 4 is 32.9 Å². The molecular weight excluding hydrogens is 390 g/mol. The fraction of sp³-hybridized carbons (Fsp3) is 0.588. The van der Waals surface area contributed by atoms with Crippen molar-refractivity contribution in [1.29, 1.82) is 0 Å². The molecule has 0 aromatic carbocycles. The second kappa shape index (κ2) is 8.84. The largest absolute Gasteiger partial charge is 0.448 e. The Balaban J connectivity index is 1.57. The lowest BCUT2D eigenvalue weighted by atomic mass is 10.3. The van der Waals surface area contributed by atoms with E-state index in [1.54, 1.807) is 13.2 Å². The fourth-order valence-electron chi connectivity index (χ4n) is 3.04. The van der Waals surface area contributed by atoms with E-state index in [4.69, 9.17) is 13.9 Å². The highest BCUT2D eigenvalue weighted by Crippen LogP contribution is 2.27. The van der Waals surface area contributed by atoms with Crippen molar-refractivity contribution in [1.82, 2.24) is 14.8 Å². The molecule has 0 atom stereocenters. The van der Waals surface area contributed by atoms with Gasteiger partial charge in [0.15, 0.2) is 10.3 Å². The molecule has 1 fully saturated rings. The zero-order chi connectivity index (χ0) is 17.6. The van der Waals surface area contributed by atoms with Crippen LogP contribution in [-0.4, -0.2) is 68.5 Å². The number of carbonyl (C=O) groups excluding carboxylic acids is 1. The van der Waals surface area contributed by atoms with Gasteiger partial charge in [0.05, 0.1) is 25.3 Å². The standard InChI is InChI=1S/C17H24BrN3O4/c1-23-8-7-21-13-12-16(18)25-15(13)11-14(21)17(22)19-3-2-4-20-5-9-24-10-6-20/h11-12H,2-10H2,1H3,(H,19,22). The van der Waals surface area contributed by atoms with Crippen LogP contribution in [0.5, 0.6) is 0 Å². The maximum atomic E-state index is 12.6. The first-order chi connectivity index (χ1) is 12.2. The van der Waals surface area contributed by atoms with E-state index in [2.05, 4.69) is 26.1 Å². The van der Waals surface area contributed by atoms with Crippen molar-refractivity contribution < 1.29 is 18.7 Å². The summed E-state index contributed by atoms with van der Waals surface area (Å²) >= 11 is 3.33. The molecule has 8 heteroatoms. The molecule has 1 saturated heterocycles. The van der Waals surface area contributed by atoms with Crippen LogP contribution in [0.3, 0.4) is 0 Å². The van der Waals surface area contributed by atoms with Gasteiger partial charge in [-0.3, -0.25) is 9.69 Å². The lowest BCUT2D eigenvalue weighted by Gasteiger charge is -2.26. The highest BCUT2D eigenvalue weighted by Gasteiger charge is 2.18. The topological polar surface area (TPSA) is 68.9 Å². The maximum absolute atomic E-state index is 12.6. The molecule has 0 aliphatic carbocycles. The Morgan fingerprint density at radius 2 is 2.12 bits per heavy atom. The number of hydrogen-bond donors (Lipinski definition) is 1. The van der Waals surface area contributed by atoms with Crippen LogP contribution in [0.25, 0.3) is 11.1 Å². The van der Waals surface area contributed by atoms with Crippen LogP contribution < -0.4 is 5.32 Å². The minimum absolute atomic E-state index is 0.0828. The third-order valence-electron chi connectivity index (χ3n) is 4.35. The van der Waals surface area contributed by atoms with E-state index in [1.807, 2.05) is 10.6 Å².